The summed E-state index contributed by atoms with van der Waals surface area (Å²) < 4.78 is 6.48. The van der Waals surface area contributed by atoms with Crippen LogP contribution in [0.1, 0.15) is 23.1 Å². The molecule has 4 N–H and O–H groups in total. The molecule has 0 radical (unpaired) electrons. The summed E-state index contributed by atoms with van der Waals surface area (Å²) in [5, 5.41) is 15.0. The van der Waals surface area contributed by atoms with E-state index in [-0.39, 0.29) is 13.2 Å². The maximum atomic E-state index is 12.8. The number of fused-ring (bicyclic) bond motifs is 1. The van der Waals surface area contributed by atoms with Crippen LogP contribution in [0.15, 0.2) is 83.9 Å². The van der Waals surface area contributed by atoms with Crippen molar-refractivity contribution in [1.29, 1.82) is 0 Å². The molecule has 5 aromatic rings. The Labute approximate surface area is 240 Å². The lowest BCUT2D eigenvalue weighted by molar-refractivity contribution is -0.137. The van der Waals surface area contributed by atoms with E-state index in [4.69, 9.17) is 4.74 Å². The molecule has 0 aliphatic heterocycles. The number of aromatic amines is 1. The number of para-hydroxylation sites is 2. The van der Waals surface area contributed by atoms with Crippen molar-refractivity contribution in [2.75, 3.05) is 5.32 Å². The molecular formula is C30H29N7O5. The minimum absolute atomic E-state index is 0.0333. The molecule has 1 atom stereocenters. The molecule has 12 heteroatoms. The third-order valence-electron chi connectivity index (χ3n) is 6.47. The molecule has 0 aliphatic carbocycles. The van der Waals surface area contributed by atoms with Crippen LogP contribution in [0.5, 0.6) is 0 Å². The number of imidazole rings is 1. The van der Waals surface area contributed by atoms with E-state index >= 15 is 0 Å². The molecule has 1 unspecified atom stereocenters. The maximum absolute atomic E-state index is 12.8. The first-order chi connectivity index (χ1) is 20.3. The SMILES string of the molecule is Cc1cn(CC(CC(=O)O)NC(=O)OCc2ccccc2)c(=O)nc1NCc1ccc(-c2nc3ccccc3[nH]2)nc1. The Hall–Kier alpha value is -5.52. The van der Waals surface area contributed by atoms with Crippen molar-refractivity contribution in [3.05, 3.63) is 106 Å². The number of hydrogen-bond donors (Lipinski definition) is 4. The van der Waals surface area contributed by atoms with Gasteiger partial charge in [-0.1, -0.05) is 48.5 Å². The molecule has 0 saturated heterocycles. The Bertz CT molecular complexity index is 1720. The number of ether oxygens (including phenoxy) is 1. The number of amides is 1. The highest BCUT2D eigenvalue weighted by molar-refractivity contribution is 5.78. The van der Waals surface area contributed by atoms with Gasteiger partial charge in [-0.05, 0) is 36.2 Å². The number of hydrogen-bond acceptors (Lipinski definition) is 8. The third-order valence-corrected chi connectivity index (χ3v) is 6.47. The molecular weight excluding hydrogens is 538 g/mol. The third kappa shape index (κ3) is 7.16. The lowest BCUT2D eigenvalue weighted by Crippen LogP contribution is -2.42. The van der Waals surface area contributed by atoms with Crippen LogP contribution in [0, 0.1) is 6.92 Å². The summed E-state index contributed by atoms with van der Waals surface area (Å²) in [6.45, 7) is 2.10. The largest absolute Gasteiger partial charge is 0.481 e. The molecule has 214 valence electrons. The van der Waals surface area contributed by atoms with E-state index in [1.54, 1.807) is 31.5 Å². The minimum Gasteiger partial charge on any atom is -0.481 e. The molecule has 0 aliphatic rings. The Morgan fingerprint density at radius 2 is 1.81 bits per heavy atom. The zero-order valence-electron chi connectivity index (χ0n) is 22.8. The molecule has 3 heterocycles. The Morgan fingerprint density at radius 1 is 1.02 bits per heavy atom. The highest BCUT2D eigenvalue weighted by Gasteiger charge is 2.19. The molecule has 12 nitrogen and oxygen atoms in total. The Balaban J connectivity index is 1.20. The van der Waals surface area contributed by atoms with Crippen molar-refractivity contribution in [3.8, 4) is 11.5 Å². The minimum atomic E-state index is -1.13. The molecule has 3 aromatic heterocycles. The van der Waals surface area contributed by atoms with Gasteiger partial charge in [-0.25, -0.2) is 14.6 Å². The monoisotopic (exact) mass is 567 g/mol. The topological polar surface area (TPSA) is 164 Å². The van der Waals surface area contributed by atoms with Crippen molar-refractivity contribution in [1.82, 2.24) is 29.8 Å². The van der Waals surface area contributed by atoms with E-state index in [1.165, 1.54) is 4.57 Å². The number of carboxylic acids is 1. The highest BCUT2D eigenvalue weighted by Crippen LogP contribution is 2.19. The number of anilines is 1. The second kappa shape index (κ2) is 12.8. The molecule has 5 rings (SSSR count). The van der Waals surface area contributed by atoms with Gasteiger partial charge in [0, 0.05) is 31.0 Å². The van der Waals surface area contributed by atoms with Crippen LogP contribution in [0.4, 0.5) is 10.6 Å². The number of carboxylic acid groups (broad SMARTS) is 1. The van der Waals surface area contributed by atoms with E-state index in [9.17, 15) is 19.5 Å². The van der Waals surface area contributed by atoms with Gasteiger partial charge in [-0.3, -0.25) is 14.3 Å². The first-order valence-electron chi connectivity index (χ1n) is 13.2. The number of H-pyrrole nitrogens is 1. The Kier molecular flexibility index (Phi) is 8.52. The van der Waals surface area contributed by atoms with Gasteiger partial charge >= 0.3 is 17.8 Å². The predicted octanol–water partition coefficient (Wildman–Crippen LogP) is 3.87. The number of alkyl carbamates (subject to hydrolysis) is 1. The van der Waals surface area contributed by atoms with Crippen LogP contribution < -0.4 is 16.3 Å². The van der Waals surface area contributed by atoms with Crippen molar-refractivity contribution in [2.45, 2.75) is 39.1 Å². The second-order valence-electron chi connectivity index (χ2n) is 9.72. The van der Waals surface area contributed by atoms with Gasteiger partial charge in [0.1, 0.15) is 18.1 Å². The van der Waals surface area contributed by atoms with Gasteiger partial charge in [0.05, 0.1) is 23.5 Å². The van der Waals surface area contributed by atoms with Crippen molar-refractivity contribution in [2.24, 2.45) is 0 Å². The second-order valence-corrected chi connectivity index (χ2v) is 9.72. The summed E-state index contributed by atoms with van der Waals surface area (Å²) in [6.07, 6.45) is 2.13. The van der Waals surface area contributed by atoms with E-state index in [1.807, 2.05) is 54.6 Å². The van der Waals surface area contributed by atoms with Crippen LogP contribution in [0.3, 0.4) is 0 Å². The zero-order valence-corrected chi connectivity index (χ0v) is 22.8. The number of nitrogens with zero attached hydrogens (tertiary/aromatic N) is 4. The van der Waals surface area contributed by atoms with Crippen LogP contribution >= 0.6 is 0 Å². The highest BCUT2D eigenvalue weighted by atomic mass is 16.5. The summed E-state index contributed by atoms with van der Waals surface area (Å²) in [5.74, 6) is -0.0565. The number of aryl methyl sites for hydroxylation is 1. The predicted molar refractivity (Wildman–Crippen MR) is 156 cm³/mol. The molecule has 0 saturated carbocycles. The average molecular weight is 568 g/mol. The van der Waals surface area contributed by atoms with Crippen LogP contribution in [0.25, 0.3) is 22.6 Å². The zero-order chi connectivity index (χ0) is 29.5. The molecule has 0 fully saturated rings. The first kappa shape index (κ1) is 28.0. The van der Waals surface area contributed by atoms with Gasteiger partial charge in [-0.2, -0.15) is 4.98 Å². The van der Waals surface area contributed by atoms with Gasteiger partial charge in [0.25, 0.3) is 0 Å². The van der Waals surface area contributed by atoms with Crippen LogP contribution in [-0.4, -0.2) is 47.7 Å². The van der Waals surface area contributed by atoms with E-state index in [0.717, 1.165) is 22.2 Å². The summed E-state index contributed by atoms with van der Waals surface area (Å²) in [5.41, 5.74) is 4.26. The average Bonchev–Trinajstić information content (AvgIpc) is 3.42. The Morgan fingerprint density at radius 3 is 2.55 bits per heavy atom. The van der Waals surface area contributed by atoms with Gasteiger partial charge < -0.3 is 25.5 Å². The fourth-order valence-corrected chi connectivity index (χ4v) is 4.38. The smallest absolute Gasteiger partial charge is 0.407 e. The quantitative estimate of drug-likeness (QED) is 0.185. The standard InChI is InChI=1S/C30H29N7O5/c1-19-16-37(17-22(13-26(38)39)33-30(41)42-18-20-7-3-2-4-8-20)29(40)36-27(19)32-15-21-11-12-25(31-14-21)28-34-23-9-5-6-10-24(23)35-28/h2-12,14,16,22H,13,15,17-18H2,1H3,(H,33,41)(H,34,35)(H,38,39)(H,32,36,40). The summed E-state index contributed by atoms with van der Waals surface area (Å²) in [7, 11) is 0. The maximum Gasteiger partial charge on any atom is 0.407 e. The number of carbonyl (C=O) groups excluding carboxylic acids is 1. The normalized spacial score (nSPS) is 11.6. The fourth-order valence-electron chi connectivity index (χ4n) is 4.38. The molecule has 42 heavy (non-hydrogen) atoms. The van der Waals surface area contributed by atoms with E-state index < -0.39 is 30.2 Å². The van der Waals surface area contributed by atoms with Gasteiger partial charge in [0.2, 0.25) is 0 Å². The number of benzene rings is 2. The number of carbonyl (C=O) groups is 2. The lowest BCUT2D eigenvalue weighted by atomic mass is 10.2. The number of pyridine rings is 1. The molecule has 0 spiro atoms. The van der Waals surface area contributed by atoms with Crippen LogP contribution in [0.2, 0.25) is 0 Å². The molecule has 1 amide bonds. The number of rotatable bonds is 11. The van der Waals surface area contributed by atoms with E-state index in [0.29, 0.717) is 29.4 Å². The number of nitrogens with one attached hydrogen (secondary N) is 3. The summed E-state index contributed by atoms with van der Waals surface area (Å²) in [6, 6.07) is 19.7. The van der Waals surface area contributed by atoms with E-state index in [2.05, 4.69) is 30.6 Å². The fraction of sp³-hybridized carbons (Fsp3) is 0.200. The molecule has 2 aromatic carbocycles. The first-order valence-corrected chi connectivity index (χ1v) is 13.2. The van der Waals surface area contributed by atoms with Crippen LogP contribution in [-0.2, 0) is 29.2 Å². The summed E-state index contributed by atoms with van der Waals surface area (Å²) in [4.78, 5) is 53.0. The lowest BCUT2D eigenvalue weighted by Gasteiger charge is -2.19. The summed E-state index contributed by atoms with van der Waals surface area (Å²) >= 11 is 0. The number of aliphatic carboxylic acids is 1. The van der Waals surface area contributed by atoms with Gasteiger partial charge in [-0.15, -0.1) is 0 Å². The van der Waals surface area contributed by atoms with Gasteiger partial charge in [0.15, 0.2) is 5.82 Å². The van der Waals surface area contributed by atoms with Crippen molar-refractivity contribution in [3.63, 3.8) is 0 Å². The number of aromatic nitrogens is 5. The van der Waals surface area contributed by atoms with Crippen molar-refractivity contribution < 1.29 is 19.4 Å². The molecule has 0 bridgehead atoms. The van der Waals surface area contributed by atoms with Crippen molar-refractivity contribution >= 4 is 28.9 Å².